The van der Waals surface area contributed by atoms with Crippen LogP contribution in [0.4, 0.5) is 5.69 Å². The molecule has 0 bridgehead atoms. The number of hydrogen-bond donors (Lipinski definition) is 1. The lowest BCUT2D eigenvalue weighted by Gasteiger charge is -2.35. The minimum absolute atomic E-state index is 0.541. The molecule has 1 aromatic heterocycles. The van der Waals surface area contributed by atoms with Gasteiger partial charge in [0.2, 0.25) is 0 Å². The van der Waals surface area contributed by atoms with Crippen molar-refractivity contribution >= 4 is 5.69 Å². The number of nitrogens with one attached hydrogen (secondary N) is 1. The lowest BCUT2D eigenvalue weighted by atomic mass is 10.1. The van der Waals surface area contributed by atoms with E-state index in [9.17, 15) is 0 Å². The van der Waals surface area contributed by atoms with Crippen LogP contribution in [0.3, 0.4) is 0 Å². The van der Waals surface area contributed by atoms with E-state index in [1.54, 1.807) is 6.33 Å². The number of aromatic amines is 1. The predicted octanol–water partition coefficient (Wildman–Crippen LogP) is 2.60. The number of aromatic nitrogens is 2. The van der Waals surface area contributed by atoms with E-state index in [0.29, 0.717) is 6.04 Å². The standard InChI is InChI=1S/C15H19N3O/c1-2-4-14(5-3-1)18(11-13-10-16-12-17-13)15-6-8-19-9-7-15/h1-5,10,12,15H,6-9,11H2,(H,16,17). The van der Waals surface area contributed by atoms with Crippen molar-refractivity contribution in [1.29, 1.82) is 0 Å². The SMILES string of the molecule is c1ccc(N(Cc2cnc[nH]2)C2CCOCC2)cc1. The molecular weight excluding hydrogens is 238 g/mol. The van der Waals surface area contributed by atoms with Crippen molar-refractivity contribution in [2.75, 3.05) is 18.1 Å². The molecule has 1 fully saturated rings. The molecule has 4 heteroatoms. The first kappa shape index (κ1) is 12.2. The number of H-pyrrole nitrogens is 1. The number of para-hydroxylation sites is 1. The molecule has 0 aliphatic carbocycles. The zero-order valence-electron chi connectivity index (χ0n) is 11.0. The Kier molecular flexibility index (Phi) is 3.79. The highest BCUT2D eigenvalue weighted by Gasteiger charge is 2.22. The maximum Gasteiger partial charge on any atom is 0.0922 e. The van der Waals surface area contributed by atoms with Gasteiger partial charge in [-0.1, -0.05) is 18.2 Å². The van der Waals surface area contributed by atoms with Crippen LogP contribution in [0.15, 0.2) is 42.9 Å². The van der Waals surface area contributed by atoms with Crippen LogP contribution in [0.2, 0.25) is 0 Å². The molecule has 2 heterocycles. The van der Waals surface area contributed by atoms with Crippen molar-refractivity contribution in [3.63, 3.8) is 0 Å². The zero-order valence-corrected chi connectivity index (χ0v) is 11.0. The van der Waals surface area contributed by atoms with Crippen molar-refractivity contribution < 1.29 is 4.74 Å². The molecule has 1 aromatic carbocycles. The normalized spacial score (nSPS) is 16.4. The second-order valence-electron chi connectivity index (χ2n) is 4.88. The van der Waals surface area contributed by atoms with Crippen LogP contribution in [0, 0.1) is 0 Å². The first-order valence-electron chi connectivity index (χ1n) is 6.80. The van der Waals surface area contributed by atoms with E-state index >= 15 is 0 Å². The highest BCUT2D eigenvalue weighted by molar-refractivity contribution is 5.47. The van der Waals surface area contributed by atoms with E-state index < -0.39 is 0 Å². The number of ether oxygens (including phenoxy) is 1. The lowest BCUT2D eigenvalue weighted by Crippen LogP contribution is -2.39. The van der Waals surface area contributed by atoms with Crippen LogP contribution in [-0.2, 0) is 11.3 Å². The summed E-state index contributed by atoms with van der Waals surface area (Å²) < 4.78 is 5.47. The molecule has 0 amide bonds. The summed E-state index contributed by atoms with van der Waals surface area (Å²) in [6.07, 6.45) is 5.81. The number of anilines is 1. The van der Waals surface area contributed by atoms with Gasteiger partial charge in [-0.15, -0.1) is 0 Å². The summed E-state index contributed by atoms with van der Waals surface area (Å²) in [5.41, 5.74) is 2.42. The van der Waals surface area contributed by atoms with Crippen molar-refractivity contribution in [2.24, 2.45) is 0 Å². The number of hydrogen-bond acceptors (Lipinski definition) is 3. The Morgan fingerprint density at radius 3 is 2.68 bits per heavy atom. The summed E-state index contributed by atoms with van der Waals surface area (Å²) in [6.45, 7) is 2.59. The summed E-state index contributed by atoms with van der Waals surface area (Å²) in [5, 5.41) is 0. The molecule has 1 N–H and O–H groups in total. The fourth-order valence-electron chi connectivity index (χ4n) is 2.60. The van der Waals surface area contributed by atoms with Gasteiger partial charge in [0.1, 0.15) is 0 Å². The molecule has 4 nitrogen and oxygen atoms in total. The number of benzene rings is 1. The summed E-state index contributed by atoms with van der Waals surface area (Å²) in [4.78, 5) is 9.75. The summed E-state index contributed by atoms with van der Waals surface area (Å²) in [7, 11) is 0. The van der Waals surface area contributed by atoms with Crippen molar-refractivity contribution in [3.8, 4) is 0 Å². The molecule has 1 saturated heterocycles. The predicted molar refractivity (Wildman–Crippen MR) is 75.1 cm³/mol. The smallest absolute Gasteiger partial charge is 0.0922 e. The van der Waals surface area contributed by atoms with Crippen LogP contribution >= 0.6 is 0 Å². The summed E-state index contributed by atoms with van der Waals surface area (Å²) >= 11 is 0. The first-order chi connectivity index (χ1) is 9.43. The monoisotopic (exact) mass is 257 g/mol. The fourth-order valence-corrected chi connectivity index (χ4v) is 2.60. The van der Waals surface area contributed by atoms with E-state index in [1.807, 2.05) is 6.20 Å². The molecule has 1 aliphatic heterocycles. The van der Waals surface area contributed by atoms with Gasteiger partial charge in [0.15, 0.2) is 0 Å². The highest BCUT2D eigenvalue weighted by Crippen LogP contribution is 2.24. The van der Waals surface area contributed by atoms with Gasteiger partial charge in [0, 0.05) is 31.1 Å². The highest BCUT2D eigenvalue weighted by atomic mass is 16.5. The van der Waals surface area contributed by atoms with Gasteiger partial charge < -0.3 is 14.6 Å². The van der Waals surface area contributed by atoms with Gasteiger partial charge in [0.25, 0.3) is 0 Å². The maximum atomic E-state index is 5.47. The van der Waals surface area contributed by atoms with E-state index in [2.05, 4.69) is 45.2 Å². The molecule has 3 rings (SSSR count). The Morgan fingerprint density at radius 2 is 2.00 bits per heavy atom. The molecule has 0 radical (unpaired) electrons. The van der Waals surface area contributed by atoms with Gasteiger partial charge in [0.05, 0.1) is 18.6 Å². The average Bonchev–Trinajstić information content (AvgIpc) is 3.00. The first-order valence-corrected chi connectivity index (χ1v) is 6.80. The fraction of sp³-hybridized carbons (Fsp3) is 0.400. The Hall–Kier alpha value is -1.81. The molecular formula is C15H19N3O. The largest absolute Gasteiger partial charge is 0.381 e. The third kappa shape index (κ3) is 2.96. The van der Waals surface area contributed by atoms with Gasteiger partial charge in [-0.2, -0.15) is 0 Å². The average molecular weight is 257 g/mol. The third-order valence-electron chi connectivity index (χ3n) is 3.61. The van der Waals surface area contributed by atoms with E-state index in [0.717, 1.165) is 38.3 Å². The maximum absolute atomic E-state index is 5.47. The van der Waals surface area contributed by atoms with Gasteiger partial charge in [-0.05, 0) is 25.0 Å². The second-order valence-corrected chi connectivity index (χ2v) is 4.88. The quantitative estimate of drug-likeness (QED) is 0.915. The van der Waals surface area contributed by atoms with Crippen LogP contribution < -0.4 is 4.90 Å². The molecule has 0 saturated carbocycles. The molecule has 0 spiro atoms. The Morgan fingerprint density at radius 1 is 1.21 bits per heavy atom. The van der Waals surface area contributed by atoms with Gasteiger partial charge >= 0.3 is 0 Å². The molecule has 100 valence electrons. The Labute approximate surface area is 113 Å². The van der Waals surface area contributed by atoms with Crippen molar-refractivity contribution in [1.82, 2.24) is 9.97 Å². The van der Waals surface area contributed by atoms with E-state index in [-0.39, 0.29) is 0 Å². The van der Waals surface area contributed by atoms with Gasteiger partial charge in [-0.25, -0.2) is 4.98 Å². The summed E-state index contributed by atoms with van der Waals surface area (Å²) in [6, 6.07) is 11.1. The van der Waals surface area contributed by atoms with Gasteiger partial charge in [-0.3, -0.25) is 0 Å². The topological polar surface area (TPSA) is 41.2 Å². The Bertz CT molecular complexity index is 477. The minimum atomic E-state index is 0.541. The molecule has 19 heavy (non-hydrogen) atoms. The number of nitrogens with zero attached hydrogens (tertiary/aromatic N) is 2. The van der Waals surface area contributed by atoms with Crippen LogP contribution in [0.25, 0.3) is 0 Å². The third-order valence-corrected chi connectivity index (χ3v) is 3.61. The van der Waals surface area contributed by atoms with Crippen LogP contribution in [0.1, 0.15) is 18.5 Å². The molecule has 0 atom stereocenters. The summed E-state index contributed by atoms with van der Waals surface area (Å²) in [5.74, 6) is 0. The molecule has 1 aliphatic rings. The second kappa shape index (κ2) is 5.89. The number of imidazole rings is 1. The van der Waals surface area contributed by atoms with Crippen molar-refractivity contribution in [2.45, 2.75) is 25.4 Å². The van der Waals surface area contributed by atoms with Crippen LogP contribution in [0.5, 0.6) is 0 Å². The van der Waals surface area contributed by atoms with Crippen LogP contribution in [-0.4, -0.2) is 29.2 Å². The number of rotatable bonds is 4. The lowest BCUT2D eigenvalue weighted by molar-refractivity contribution is 0.0840. The van der Waals surface area contributed by atoms with E-state index in [4.69, 9.17) is 4.74 Å². The van der Waals surface area contributed by atoms with Crippen molar-refractivity contribution in [3.05, 3.63) is 48.5 Å². The molecule has 0 unspecified atom stereocenters. The van der Waals surface area contributed by atoms with E-state index in [1.165, 1.54) is 5.69 Å². The Balaban J connectivity index is 1.82. The molecule has 2 aromatic rings. The zero-order chi connectivity index (χ0) is 12.9. The minimum Gasteiger partial charge on any atom is -0.381 e.